The Kier molecular flexibility index (Phi) is 7.21. The molecule has 0 saturated heterocycles. The highest BCUT2D eigenvalue weighted by Gasteiger charge is 2.16. The lowest BCUT2D eigenvalue weighted by atomic mass is 10.2. The van der Waals surface area contributed by atoms with Crippen LogP contribution in [0.1, 0.15) is 29.8 Å². The molecule has 0 bridgehead atoms. The van der Waals surface area contributed by atoms with Crippen LogP contribution in [0.15, 0.2) is 54.6 Å². The van der Waals surface area contributed by atoms with Crippen molar-refractivity contribution >= 4 is 17.5 Å². The van der Waals surface area contributed by atoms with E-state index in [1.807, 2.05) is 18.2 Å². The number of aryl methyl sites for hydroxylation is 1. The molecule has 2 amide bonds. The number of benzene rings is 2. The van der Waals surface area contributed by atoms with Gasteiger partial charge >= 0.3 is 0 Å². The van der Waals surface area contributed by atoms with Gasteiger partial charge in [-0.3, -0.25) is 9.59 Å². The Morgan fingerprint density at radius 2 is 1.69 bits per heavy atom. The SMILES string of the molecule is CCN(CCNC(=O)C(C)NC(=O)c1ccccc1)c1ccccc1C. The van der Waals surface area contributed by atoms with Crippen molar-refractivity contribution in [2.45, 2.75) is 26.8 Å². The van der Waals surface area contributed by atoms with Crippen molar-refractivity contribution in [1.29, 1.82) is 0 Å². The van der Waals surface area contributed by atoms with Crippen LogP contribution in [0.4, 0.5) is 5.69 Å². The van der Waals surface area contributed by atoms with Gasteiger partial charge in [0.05, 0.1) is 0 Å². The van der Waals surface area contributed by atoms with E-state index in [0.29, 0.717) is 18.7 Å². The molecule has 0 heterocycles. The predicted molar refractivity (Wildman–Crippen MR) is 105 cm³/mol. The molecule has 1 atom stereocenters. The summed E-state index contributed by atoms with van der Waals surface area (Å²) in [5, 5.41) is 5.62. The van der Waals surface area contributed by atoms with Crippen molar-refractivity contribution in [1.82, 2.24) is 10.6 Å². The summed E-state index contributed by atoms with van der Waals surface area (Å²) in [5.74, 6) is -0.432. The van der Waals surface area contributed by atoms with Crippen LogP contribution in [-0.2, 0) is 4.79 Å². The molecule has 5 nitrogen and oxygen atoms in total. The average Bonchev–Trinajstić information content (AvgIpc) is 2.66. The van der Waals surface area contributed by atoms with Gasteiger partial charge in [-0.05, 0) is 44.5 Å². The zero-order chi connectivity index (χ0) is 18.9. The first kappa shape index (κ1) is 19.5. The Balaban J connectivity index is 1.82. The lowest BCUT2D eigenvalue weighted by molar-refractivity contribution is -0.122. The predicted octanol–water partition coefficient (Wildman–Crippen LogP) is 2.76. The first-order valence-electron chi connectivity index (χ1n) is 8.97. The molecule has 0 fully saturated rings. The second-order valence-corrected chi connectivity index (χ2v) is 6.22. The molecular weight excluding hydrogens is 326 g/mol. The van der Waals surface area contributed by atoms with Crippen LogP contribution in [0.5, 0.6) is 0 Å². The molecule has 1 unspecified atom stereocenters. The molecule has 2 aromatic carbocycles. The molecule has 0 spiro atoms. The molecule has 0 aliphatic rings. The Labute approximate surface area is 155 Å². The normalized spacial score (nSPS) is 11.5. The average molecular weight is 353 g/mol. The quantitative estimate of drug-likeness (QED) is 0.767. The molecule has 26 heavy (non-hydrogen) atoms. The van der Waals surface area contributed by atoms with Crippen LogP contribution in [0.2, 0.25) is 0 Å². The van der Waals surface area contributed by atoms with Gasteiger partial charge < -0.3 is 15.5 Å². The fourth-order valence-electron chi connectivity index (χ4n) is 2.77. The summed E-state index contributed by atoms with van der Waals surface area (Å²) in [6, 6.07) is 16.5. The second-order valence-electron chi connectivity index (χ2n) is 6.22. The largest absolute Gasteiger partial charge is 0.370 e. The van der Waals surface area contributed by atoms with Crippen molar-refractivity contribution in [3.05, 3.63) is 65.7 Å². The van der Waals surface area contributed by atoms with E-state index in [4.69, 9.17) is 0 Å². The molecule has 2 rings (SSSR count). The third-order valence-electron chi connectivity index (χ3n) is 4.30. The van der Waals surface area contributed by atoms with Crippen molar-refractivity contribution in [3.63, 3.8) is 0 Å². The maximum atomic E-state index is 12.2. The Hall–Kier alpha value is -2.82. The minimum atomic E-state index is -0.587. The number of hydrogen-bond donors (Lipinski definition) is 2. The zero-order valence-corrected chi connectivity index (χ0v) is 15.7. The number of carbonyl (C=O) groups is 2. The van der Waals surface area contributed by atoms with Gasteiger partial charge in [-0.2, -0.15) is 0 Å². The fourth-order valence-corrected chi connectivity index (χ4v) is 2.77. The van der Waals surface area contributed by atoms with Gasteiger partial charge in [0.25, 0.3) is 5.91 Å². The highest BCUT2D eigenvalue weighted by Crippen LogP contribution is 2.18. The summed E-state index contributed by atoms with van der Waals surface area (Å²) in [7, 11) is 0. The first-order chi connectivity index (χ1) is 12.5. The Morgan fingerprint density at radius 1 is 1.04 bits per heavy atom. The van der Waals surface area contributed by atoms with E-state index < -0.39 is 6.04 Å². The van der Waals surface area contributed by atoms with E-state index in [0.717, 1.165) is 6.54 Å². The summed E-state index contributed by atoms with van der Waals surface area (Å²) in [6.07, 6.45) is 0. The molecule has 2 aromatic rings. The lowest BCUT2D eigenvalue weighted by Gasteiger charge is -2.25. The number of hydrogen-bond acceptors (Lipinski definition) is 3. The van der Waals surface area contributed by atoms with E-state index in [1.54, 1.807) is 31.2 Å². The summed E-state index contributed by atoms with van der Waals surface area (Å²) >= 11 is 0. The van der Waals surface area contributed by atoms with E-state index in [-0.39, 0.29) is 11.8 Å². The van der Waals surface area contributed by atoms with Gasteiger partial charge in [-0.25, -0.2) is 0 Å². The molecule has 0 radical (unpaired) electrons. The van der Waals surface area contributed by atoms with Gasteiger partial charge in [0.2, 0.25) is 5.91 Å². The van der Waals surface area contributed by atoms with Crippen LogP contribution in [-0.4, -0.2) is 37.5 Å². The zero-order valence-electron chi connectivity index (χ0n) is 15.7. The molecule has 0 aromatic heterocycles. The second kappa shape index (κ2) is 9.61. The summed E-state index contributed by atoms with van der Waals surface area (Å²) in [5.41, 5.74) is 2.93. The van der Waals surface area contributed by atoms with Gasteiger partial charge in [-0.1, -0.05) is 36.4 Å². The maximum absolute atomic E-state index is 12.2. The van der Waals surface area contributed by atoms with Crippen LogP contribution in [0, 0.1) is 6.92 Å². The number of rotatable bonds is 8. The van der Waals surface area contributed by atoms with Crippen molar-refractivity contribution in [3.8, 4) is 0 Å². The fraction of sp³-hybridized carbons (Fsp3) is 0.333. The van der Waals surface area contributed by atoms with E-state index in [9.17, 15) is 9.59 Å². The number of likely N-dealkylation sites (N-methyl/N-ethyl adjacent to an activating group) is 1. The number of para-hydroxylation sites is 1. The number of nitrogens with zero attached hydrogens (tertiary/aromatic N) is 1. The summed E-state index contributed by atoms with van der Waals surface area (Å²) < 4.78 is 0. The molecule has 5 heteroatoms. The van der Waals surface area contributed by atoms with Gasteiger partial charge in [0.15, 0.2) is 0 Å². The van der Waals surface area contributed by atoms with Crippen LogP contribution < -0.4 is 15.5 Å². The molecule has 0 aliphatic heterocycles. The first-order valence-corrected chi connectivity index (χ1v) is 8.97. The third kappa shape index (κ3) is 5.34. The molecule has 2 N–H and O–H groups in total. The Bertz CT molecular complexity index is 731. The Morgan fingerprint density at radius 3 is 2.35 bits per heavy atom. The van der Waals surface area contributed by atoms with Gasteiger partial charge in [-0.15, -0.1) is 0 Å². The number of carbonyl (C=O) groups excluding carboxylic acids is 2. The van der Waals surface area contributed by atoms with Crippen molar-refractivity contribution in [2.75, 3.05) is 24.5 Å². The lowest BCUT2D eigenvalue weighted by Crippen LogP contribution is -2.46. The minimum Gasteiger partial charge on any atom is -0.370 e. The number of nitrogens with one attached hydrogen (secondary N) is 2. The van der Waals surface area contributed by atoms with Gasteiger partial charge in [0, 0.05) is 30.9 Å². The standard InChI is InChI=1S/C21H27N3O2/c1-4-24(19-13-9-8-10-16(19)2)15-14-22-20(25)17(3)23-21(26)18-11-6-5-7-12-18/h5-13,17H,4,14-15H2,1-3H3,(H,22,25)(H,23,26). The topological polar surface area (TPSA) is 61.4 Å². The minimum absolute atomic E-state index is 0.185. The summed E-state index contributed by atoms with van der Waals surface area (Å²) in [4.78, 5) is 26.6. The van der Waals surface area contributed by atoms with Crippen molar-refractivity contribution in [2.24, 2.45) is 0 Å². The third-order valence-corrected chi connectivity index (χ3v) is 4.30. The van der Waals surface area contributed by atoms with E-state index in [1.165, 1.54) is 11.3 Å². The monoisotopic (exact) mass is 353 g/mol. The number of anilines is 1. The van der Waals surface area contributed by atoms with Crippen LogP contribution in [0.25, 0.3) is 0 Å². The van der Waals surface area contributed by atoms with Crippen molar-refractivity contribution < 1.29 is 9.59 Å². The highest BCUT2D eigenvalue weighted by molar-refractivity contribution is 5.97. The molecule has 138 valence electrons. The highest BCUT2D eigenvalue weighted by atomic mass is 16.2. The smallest absolute Gasteiger partial charge is 0.251 e. The van der Waals surface area contributed by atoms with Gasteiger partial charge in [0.1, 0.15) is 6.04 Å². The number of amides is 2. The van der Waals surface area contributed by atoms with Crippen LogP contribution in [0.3, 0.4) is 0 Å². The van der Waals surface area contributed by atoms with E-state index in [2.05, 4.69) is 41.5 Å². The maximum Gasteiger partial charge on any atom is 0.251 e. The molecular formula is C21H27N3O2. The molecule has 0 aliphatic carbocycles. The van der Waals surface area contributed by atoms with Crippen LogP contribution >= 0.6 is 0 Å². The molecule has 0 saturated carbocycles. The summed E-state index contributed by atoms with van der Waals surface area (Å²) in [6.45, 7) is 7.96. The van der Waals surface area contributed by atoms with E-state index >= 15 is 0 Å².